The molecule has 2 aromatic rings. The van der Waals surface area contributed by atoms with Crippen LogP contribution in [0.3, 0.4) is 0 Å². The van der Waals surface area contributed by atoms with Gasteiger partial charge in [-0.15, -0.1) is 8.66 Å². The van der Waals surface area contributed by atoms with Gasteiger partial charge in [0.2, 0.25) is 6.79 Å². The third kappa shape index (κ3) is 1.31. The number of hydrogen-bond donors (Lipinski definition) is 0. The highest BCUT2D eigenvalue weighted by Gasteiger charge is 2.22. The van der Waals surface area contributed by atoms with Crippen LogP contribution in [-0.2, 0) is 18.7 Å². The molecule has 1 unspecified atom stereocenters. The van der Waals surface area contributed by atoms with E-state index in [2.05, 4.69) is 0 Å². The van der Waals surface area contributed by atoms with Crippen molar-refractivity contribution in [2.75, 3.05) is 6.79 Å². The summed E-state index contributed by atoms with van der Waals surface area (Å²) in [6, 6.07) is 3.32. The van der Waals surface area contributed by atoms with Gasteiger partial charge in [-0.3, -0.25) is 4.79 Å². The highest BCUT2D eigenvalue weighted by Crippen LogP contribution is 2.35. The van der Waals surface area contributed by atoms with Crippen LogP contribution in [0.5, 0.6) is 11.5 Å². The van der Waals surface area contributed by atoms with E-state index in [9.17, 15) is 9.36 Å². The molecule has 1 aliphatic rings. The van der Waals surface area contributed by atoms with Crippen LogP contribution >= 0.6 is 7.73 Å². The Kier molecular flexibility index (Phi) is 2.03. The smallest absolute Gasteiger partial charge is 0.454 e. The second kappa shape index (κ2) is 3.34. The topological polar surface area (TPSA) is 62.5 Å². The highest BCUT2D eigenvalue weighted by atomic mass is 31.1. The van der Waals surface area contributed by atoms with Crippen LogP contribution in [0.4, 0.5) is 0 Å². The van der Waals surface area contributed by atoms with E-state index in [1.807, 2.05) is 0 Å². The number of aryl methyl sites for hydroxylation is 1. The van der Waals surface area contributed by atoms with E-state index in [-0.39, 0.29) is 12.4 Å². The summed E-state index contributed by atoms with van der Waals surface area (Å²) in [6.07, 6.45) is 0. The zero-order valence-corrected chi connectivity index (χ0v) is 10.2. The summed E-state index contributed by atoms with van der Waals surface area (Å²) in [5.74, 6) is 1.13. The van der Waals surface area contributed by atoms with E-state index in [4.69, 9.17) is 9.47 Å². The van der Waals surface area contributed by atoms with Gasteiger partial charge in [-0.2, -0.15) is 0 Å². The van der Waals surface area contributed by atoms with E-state index in [0.717, 1.165) is 0 Å². The second-order valence-corrected chi connectivity index (χ2v) is 5.53. The first-order valence-electron chi connectivity index (χ1n) is 5.02. The van der Waals surface area contributed by atoms with Crippen molar-refractivity contribution in [3.8, 4) is 11.5 Å². The first-order valence-corrected chi connectivity index (χ1v) is 6.18. The largest absolute Gasteiger partial charge is 0.598 e. The molecule has 1 atom stereocenters. The van der Waals surface area contributed by atoms with Crippen LogP contribution in [0.1, 0.15) is 0 Å². The zero-order chi connectivity index (χ0) is 12.2. The average molecular weight is 253 g/mol. The van der Waals surface area contributed by atoms with Gasteiger partial charge in [-0.25, -0.2) is 0 Å². The molecule has 0 saturated heterocycles. The minimum atomic E-state index is -1.88. The normalized spacial score (nSPS) is 14.4. The molecule has 3 rings (SSSR count). The zero-order valence-electron chi connectivity index (χ0n) is 9.34. The maximum atomic E-state index is 12.0. The van der Waals surface area contributed by atoms with Gasteiger partial charge in [-0.1, -0.05) is 0 Å². The minimum absolute atomic E-state index is 0.151. The molecule has 1 aliphatic heterocycles. The first kappa shape index (κ1) is 10.4. The minimum Gasteiger partial charge on any atom is -0.454 e. The van der Waals surface area contributed by atoms with E-state index >= 15 is 0 Å². The summed E-state index contributed by atoms with van der Waals surface area (Å²) in [5, 5.41) is 0.480. The Balaban J connectivity index is 2.56. The predicted molar refractivity (Wildman–Crippen MR) is 61.9 cm³/mol. The molecule has 6 nitrogen and oxygen atoms in total. The summed E-state index contributed by atoms with van der Waals surface area (Å²) < 4.78 is 25.2. The molecule has 0 bridgehead atoms. The molecule has 0 amide bonds. The SMILES string of the molecule is Cn1c(=O)c2cc3c(cc2n(C)[p+]1=O)OCO3. The van der Waals surface area contributed by atoms with Gasteiger partial charge >= 0.3 is 7.73 Å². The van der Waals surface area contributed by atoms with Gasteiger partial charge < -0.3 is 9.47 Å². The Morgan fingerprint density at radius 3 is 2.53 bits per heavy atom. The lowest BCUT2D eigenvalue weighted by Gasteiger charge is -2.01. The summed E-state index contributed by atoms with van der Waals surface area (Å²) in [6.45, 7) is 0.151. The fourth-order valence-corrected chi connectivity index (χ4v) is 2.93. The van der Waals surface area contributed by atoms with Gasteiger partial charge in [0, 0.05) is 6.07 Å². The lowest BCUT2D eigenvalue weighted by molar-refractivity contribution is 0.174. The van der Waals surface area contributed by atoms with Gasteiger partial charge in [-0.05, 0) is 10.6 Å². The summed E-state index contributed by atoms with van der Waals surface area (Å²) in [7, 11) is 1.33. The number of hydrogen-bond acceptors (Lipinski definition) is 4. The van der Waals surface area contributed by atoms with Crippen molar-refractivity contribution < 1.29 is 14.0 Å². The number of fused-ring (bicyclic) bond motifs is 2. The number of benzene rings is 1. The molecule has 0 fully saturated rings. The molecule has 0 aliphatic carbocycles. The fraction of sp³-hybridized carbons (Fsp3) is 0.300. The molecule has 0 N–H and O–H groups in total. The quantitative estimate of drug-likeness (QED) is 0.711. The second-order valence-electron chi connectivity index (χ2n) is 3.83. The molecule has 0 spiro atoms. The van der Waals surface area contributed by atoms with Crippen molar-refractivity contribution in [2.45, 2.75) is 0 Å². The fourth-order valence-electron chi connectivity index (χ4n) is 1.92. The molecule has 2 heterocycles. The van der Waals surface area contributed by atoms with Crippen LogP contribution in [0.15, 0.2) is 16.9 Å². The molecular formula is C10H10N2O4P+. The molecule has 0 radical (unpaired) electrons. The van der Waals surface area contributed by atoms with Crippen LogP contribution in [0.25, 0.3) is 10.9 Å². The van der Waals surface area contributed by atoms with Crippen LogP contribution in [0, 0.1) is 0 Å². The molecular weight excluding hydrogens is 243 g/mol. The summed E-state index contributed by atoms with van der Waals surface area (Å²) in [5.41, 5.74) is 0.343. The first-order chi connectivity index (χ1) is 8.09. The Morgan fingerprint density at radius 1 is 1.18 bits per heavy atom. The average Bonchev–Trinajstić information content (AvgIpc) is 2.79. The van der Waals surface area contributed by atoms with Gasteiger partial charge in [0.05, 0.1) is 19.5 Å². The van der Waals surface area contributed by atoms with Gasteiger partial charge in [0.15, 0.2) is 11.5 Å². The third-order valence-corrected chi connectivity index (χ3v) is 4.30. The Hall–Kier alpha value is -1.81. The highest BCUT2D eigenvalue weighted by molar-refractivity contribution is 7.28. The maximum Gasteiger partial charge on any atom is 0.598 e. The van der Waals surface area contributed by atoms with Gasteiger partial charge in [0.1, 0.15) is 5.52 Å². The molecule has 0 saturated carbocycles. The number of aromatic nitrogens is 2. The van der Waals surface area contributed by atoms with Crippen molar-refractivity contribution in [3.05, 3.63) is 22.5 Å². The van der Waals surface area contributed by atoms with Crippen molar-refractivity contribution in [1.82, 2.24) is 8.66 Å². The van der Waals surface area contributed by atoms with E-state index in [1.54, 1.807) is 23.5 Å². The molecule has 17 heavy (non-hydrogen) atoms. The van der Waals surface area contributed by atoms with Gasteiger partial charge in [0.25, 0.3) is 5.56 Å². The predicted octanol–water partition coefficient (Wildman–Crippen LogP) is 1.35. The van der Waals surface area contributed by atoms with Crippen LogP contribution in [0.2, 0.25) is 0 Å². The Morgan fingerprint density at radius 2 is 1.82 bits per heavy atom. The molecule has 1 aromatic heterocycles. The molecule has 7 heteroatoms. The van der Waals surface area contributed by atoms with Crippen LogP contribution in [-0.4, -0.2) is 15.5 Å². The lowest BCUT2D eigenvalue weighted by Crippen LogP contribution is -2.16. The van der Waals surface area contributed by atoms with E-state index in [1.165, 1.54) is 11.4 Å². The lowest BCUT2D eigenvalue weighted by atomic mass is 10.2. The van der Waals surface area contributed by atoms with Crippen molar-refractivity contribution >= 4 is 18.6 Å². The number of rotatable bonds is 0. The Bertz CT molecular complexity index is 747. The summed E-state index contributed by atoms with van der Waals surface area (Å²) in [4.78, 5) is 12.0. The van der Waals surface area contributed by atoms with Crippen molar-refractivity contribution in [2.24, 2.45) is 14.1 Å². The van der Waals surface area contributed by atoms with E-state index < -0.39 is 7.73 Å². The monoisotopic (exact) mass is 253 g/mol. The molecule has 1 aromatic carbocycles. The standard InChI is InChI=1S/C10H10N2O4P/c1-11-7-4-9-8(15-5-16-9)3-6(7)10(13)12(2)17(11)14/h3-4H,5H2,1-2H3/q+1. The number of ether oxygens (including phenoxy) is 2. The van der Waals surface area contributed by atoms with Crippen molar-refractivity contribution in [1.29, 1.82) is 0 Å². The number of nitrogens with zero attached hydrogens (tertiary/aromatic N) is 2. The summed E-state index contributed by atoms with van der Waals surface area (Å²) >= 11 is 0. The third-order valence-electron chi connectivity index (χ3n) is 2.88. The maximum absolute atomic E-state index is 12.0. The molecule has 88 valence electrons. The Labute approximate surface area is 96.9 Å². The van der Waals surface area contributed by atoms with E-state index in [0.29, 0.717) is 22.4 Å². The van der Waals surface area contributed by atoms with Crippen molar-refractivity contribution in [3.63, 3.8) is 0 Å². The van der Waals surface area contributed by atoms with Crippen LogP contribution < -0.4 is 15.0 Å².